The minimum absolute atomic E-state index is 0.0842. The van der Waals surface area contributed by atoms with Crippen LogP contribution in [0.2, 0.25) is 0 Å². The molecular formula is C10H7F3N6O2S. The minimum Gasteiger partial charge on any atom is -0.459 e. The van der Waals surface area contributed by atoms with Crippen LogP contribution in [0.3, 0.4) is 0 Å². The number of alkyl halides is 3. The molecule has 0 saturated carbocycles. The van der Waals surface area contributed by atoms with Crippen LogP contribution in [0.4, 0.5) is 13.2 Å². The molecule has 12 heteroatoms. The van der Waals surface area contributed by atoms with Crippen molar-refractivity contribution in [3.63, 3.8) is 0 Å². The molecule has 0 aliphatic heterocycles. The molecule has 0 amide bonds. The normalized spacial score (nSPS) is 12.0. The third-order valence-electron chi connectivity index (χ3n) is 2.44. The van der Waals surface area contributed by atoms with Crippen molar-refractivity contribution in [2.24, 2.45) is 0 Å². The summed E-state index contributed by atoms with van der Waals surface area (Å²) in [4.78, 5) is 0. The molecule has 0 spiro atoms. The number of furan rings is 1. The maximum absolute atomic E-state index is 12.5. The summed E-state index contributed by atoms with van der Waals surface area (Å²) in [5, 5.41) is 13.8. The molecule has 22 heavy (non-hydrogen) atoms. The second-order valence-corrected chi connectivity index (χ2v) is 4.88. The Labute approximate surface area is 124 Å². The molecule has 3 rings (SSSR count). The molecule has 0 atom stereocenters. The molecule has 0 aliphatic rings. The zero-order valence-electron chi connectivity index (χ0n) is 10.6. The first-order valence-electron chi connectivity index (χ1n) is 5.72. The van der Waals surface area contributed by atoms with Crippen LogP contribution in [0.25, 0.3) is 11.7 Å². The van der Waals surface area contributed by atoms with Gasteiger partial charge in [-0.1, -0.05) is 11.8 Å². The quantitative estimate of drug-likeness (QED) is 0.570. The molecule has 0 fully saturated rings. The number of nitrogen functional groups attached to an aromatic ring is 1. The number of hydrogen-bond acceptors (Lipinski definition) is 8. The fourth-order valence-corrected chi connectivity index (χ4v) is 2.20. The van der Waals surface area contributed by atoms with E-state index in [4.69, 9.17) is 14.7 Å². The van der Waals surface area contributed by atoms with Gasteiger partial charge in [-0.3, -0.25) is 0 Å². The highest BCUT2D eigenvalue weighted by molar-refractivity contribution is 7.98. The first-order valence-corrected chi connectivity index (χ1v) is 6.70. The maximum Gasteiger partial charge on any atom is 0.453 e. The van der Waals surface area contributed by atoms with Gasteiger partial charge in [0.25, 0.3) is 11.7 Å². The van der Waals surface area contributed by atoms with Crippen molar-refractivity contribution in [3.05, 3.63) is 30.1 Å². The Bertz CT molecular complexity index is 766. The number of nitrogens with two attached hydrogens (primary N) is 1. The lowest BCUT2D eigenvalue weighted by Gasteiger charge is -2.05. The number of hydrogen-bond donors (Lipinski definition) is 1. The monoisotopic (exact) mass is 332 g/mol. The van der Waals surface area contributed by atoms with E-state index >= 15 is 0 Å². The Morgan fingerprint density at radius 2 is 2.05 bits per heavy atom. The second-order valence-electron chi connectivity index (χ2n) is 3.94. The summed E-state index contributed by atoms with van der Waals surface area (Å²) in [5.41, 5.74) is 0. The van der Waals surface area contributed by atoms with Gasteiger partial charge in [0.05, 0.1) is 12.0 Å². The Morgan fingerprint density at radius 3 is 2.68 bits per heavy atom. The van der Waals surface area contributed by atoms with E-state index in [1.165, 1.54) is 6.26 Å². The smallest absolute Gasteiger partial charge is 0.453 e. The van der Waals surface area contributed by atoms with Crippen LogP contribution in [0.5, 0.6) is 0 Å². The predicted octanol–water partition coefficient (Wildman–Crippen LogP) is 1.95. The van der Waals surface area contributed by atoms with Crippen molar-refractivity contribution >= 4 is 11.8 Å². The van der Waals surface area contributed by atoms with Crippen LogP contribution in [-0.4, -0.2) is 25.1 Å². The summed E-state index contributed by atoms with van der Waals surface area (Å²) in [7, 11) is 0. The molecule has 0 unspecified atom stereocenters. The van der Waals surface area contributed by atoms with Crippen LogP contribution in [-0.2, 0) is 11.9 Å². The first kappa shape index (κ1) is 14.4. The van der Waals surface area contributed by atoms with E-state index in [9.17, 15) is 13.2 Å². The van der Waals surface area contributed by atoms with Gasteiger partial charge in [0.1, 0.15) is 0 Å². The summed E-state index contributed by atoms with van der Waals surface area (Å²) >= 11 is 0.885. The summed E-state index contributed by atoms with van der Waals surface area (Å²) in [6.45, 7) is 0. The number of aromatic nitrogens is 5. The van der Waals surface area contributed by atoms with Gasteiger partial charge in [-0.05, 0) is 12.1 Å². The van der Waals surface area contributed by atoms with Gasteiger partial charge in [-0.2, -0.15) is 13.2 Å². The highest BCUT2D eigenvalue weighted by Crippen LogP contribution is 2.30. The van der Waals surface area contributed by atoms with Crippen molar-refractivity contribution in [2.75, 3.05) is 5.84 Å². The molecule has 116 valence electrons. The molecule has 8 nitrogen and oxygen atoms in total. The topological polar surface area (TPSA) is 109 Å². The van der Waals surface area contributed by atoms with Crippen molar-refractivity contribution < 1.29 is 22.0 Å². The highest BCUT2D eigenvalue weighted by Gasteiger charge is 2.38. The van der Waals surface area contributed by atoms with Crippen molar-refractivity contribution in [2.45, 2.75) is 17.1 Å². The number of nitrogens with zero attached hydrogens (tertiary/aromatic N) is 5. The molecule has 0 bridgehead atoms. The average Bonchev–Trinajstić information content (AvgIpc) is 3.16. The van der Waals surface area contributed by atoms with Crippen molar-refractivity contribution in [3.8, 4) is 11.7 Å². The molecule has 0 radical (unpaired) electrons. The van der Waals surface area contributed by atoms with E-state index in [2.05, 4.69) is 20.4 Å². The third-order valence-corrected chi connectivity index (χ3v) is 3.37. The van der Waals surface area contributed by atoms with E-state index in [1.807, 2.05) is 0 Å². The zero-order chi connectivity index (χ0) is 15.7. The highest BCUT2D eigenvalue weighted by atomic mass is 32.2. The second kappa shape index (κ2) is 5.36. The molecule has 0 aromatic carbocycles. The predicted molar refractivity (Wildman–Crippen MR) is 66.7 cm³/mol. The van der Waals surface area contributed by atoms with Crippen molar-refractivity contribution in [1.29, 1.82) is 0 Å². The summed E-state index contributed by atoms with van der Waals surface area (Å²) < 4.78 is 48.3. The van der Waals surface area contributed by atoms with Crippen LogP contribution >= 0.6 is 11.8 Å². The van der Waals surface area contributed by atoms with Crippen LogP contribution in [0.15, 0.2) is 32.4 Å². The van der Waals surface area contributed by atoms with Gasteiger partial charge in [0.2, 0.25) is 11.0 Å². The molecule has 2 N–H and O–H groups in total. The standard InChI is InChI=1S/C10H7F3N6O2S/c11-10(12,13)8-17-18-9(19(8)14)22-4-6-15-16-7(21-6)5-2-1-3-20-5/h1-3H,4,14H2. The maximum atomic E-state index is 12.5. The van der Waals surface area contributed by atoms with Crippen LogP contribution < -0.4 is 5.84 Å². The van der Waals surface area contributed by atoms with Gasteiger partial charge >= 0.3 is 6.18 Å². The van der Waals surface area contributed by atoms with Gasteiger partial charge < -0.3 is 14.7 Å². The lowest BCUT2D eigenvalue weighted by molar-refractivity contribution is -0.146. The Kier molecular flexibility index (Phi) is 3.52. The molecule has 0 aliphatic carbocycles. The molecule has 3 aromatic heterocycles. The zero-order valence-corrected chi connectivity index (χ0v) is 11.4. The van der Waals surface area contributed by atoms with Gasteiger partial charge in [0, 0.05) is 0 Å². The number of halogens is 3. The van der Waals surface area contributed by atoms with Gasteiger partial charge in [-0.25, -0.2) is 4.68 Å². The van der Waals surface area contributed by atoms with Crippen LogP contribution in [0.1, 0.15) is 11.7 Å². The Balaban J connectivity index is 1.70. The average molecular weight is 332 g/mol. The first-order chi connectivity index (χ1) is 10.4. The number of rotatable bonds is 4. The largest absolute Gasteiger partial charge is 0.459 e. The summed E-state index contributed by atoms with van der Waals surface area (Å²) in [6, 6.07) is 3.29. The van der Waals surface area contributed by atoms with E-state index in [0.29, 0.717) is 10.4 Å². The van der Waals surface area contributed by atoms with Crippen molar-refractivity contribution in [1.82, 2.24) is 25.1 Å². The third kappa shape index (κ3) is 2.77. The molecular weight excluding hydrogens is 325 g/mol. The molecule has 0 saturated heterocycles. The van der Waals surface area contributed by atoms with Gasteiger partial charge in [-0.15, -0.1) is 20.4 Å². The fourth-order valence-electron chi connectivity index (χ4n) is 1.51. The fraction of sp³-hybridized carbons (Fsp3) is 0.200. The van der Waals surface area contributed by atoms with E-state index in [-0.39, 0.29) is 22.7 Å². The molecule has 3 aromatic rings. The summed E-state index contributed by atoms with van der Waals surface area (Å²) in [5.74, 6) is 4.86. The number of thioether (sulfide) groups is 1. The SMILES string of the molecule is Nn1c(SCc2nnc(-c3ccco3)o2)nnc1C(F)(F)F. The lowest BCUT2D eigenvalue weighted by Crippen LogP contribution is -2.21. The van der Waals surface area contributed by atoms with Crippen LogP contribution in [0, 0.1) is 0 Å². The molecule has 3 heterocycles. The Hall–Kier alpha value is -2.50. The van der Waals surface area contributed by atoms with E-state index in [0.717, 1.165) is 11.8 Å². The van der Waals surface area contributed by atoms with Gasteiger partial charge in [0.15, 0.2) is 5.76 Å². The lowest BCUT2D eigenvalue weighted by atomic mass is 10.5. The van der Waals surface area contributed by atoms with E-state index in [1.54, 1.807) is 12.1 Å². The summed E-state index contributed by atoms with van der Waals surface area (Å²) in [6.07, 6.45) is -3.22. The Morgan fingerprint density at radius 1 is 1.23 bits per heavy atom. The minimum atomic E-state index is -4.67. The van der Waals surface area contributed by atoms with E-state index < -0.39 is 12.0 Å².